The molecule has 0 fully saturated rings. The van der Waals surface area contributed by atoms with Crippen LogP contribution in [-0.2, 0) is 13.1 Å². The molecule has 3 aromatic rings. The first-order chi connectivity index (χ1) is 13.1. The van der Waals surface area contributed by atoms with Crippen molar-refractivity contribution in [3.63, 3.8) is 0 Å². The minimum absolute atomic E-state index is 0.662. The van der Waals surface area contributed by atoms with Crippen LogP contribution in [0.2, 0.25) is 0 Å². The molecule has 0 aliphatic carbocycles. The van der Waals surface area contributed by atoms with Crippen LogP contribution >= 0.6 is 11.3 Å². The van der Waals surface area contributed by atoms with Gasteiger partial charge in [0.25, 0.3) is 0 Å². The molecule has 6 heteroatoms. The molecule has 0 saturated heterocycles. The third-order valence-electron chi connectivity index (χ3n) is 4.97. The second-order valence-corrected chi connectivity index (χ2v) is 7.78. The largest absolute Gasteiger partial charge is 0.496 e. The minimum Gasteiger partial charge on any atom is -0.496 e. The Morgan fingerprint density at radius 3 is 2.56 bits per heavy atom. The van der Waals surface area contributed by atoms with E-state index in [2.05, 4.69) is 44.0 Å². The molecule has 0 atom stereocenters. The van der Waals surface area contributed by atoms with E-state index < -0.39 is 0 Å². The van der Waals surface area contributed by atoms with E-state index in [-0.39, 0.29) is 0 Å². The lowest BCUT2D eigenvalue weighted by atomic mass is 10.2. The van der Waals surface area contributed by atoms with Crippen molar-refractivity contribution in [1.29, 1.82) is 0 Å². The summed E-state index contributed by atoms with van der Waals surface area (Å²) >= 11 is 1.74. The van der Waals surface area contributed by atoms with E-state index in [1.165, 1.54) is 10.4 Å². The van der Waals surface area contributed by atoms with Gasteiger partial charge >= 0.3 is 0 Å². The van der Waals surface area contributed by atoms with E-state index in [0.29, 0.717) is 6.54 Å². The summed E-state index contributed by atoms with van der Waals surface area (Å²) in [7, 11) is 1.70. The summed E-state index contributed by atoms with van der Waals surface area (Å²) in [5.74, 6) is 2.67. The number of nitrogens with one attached hydrogen (secondary N) is 1. The van der Waals surface area contributed by atoms with Crippen molar-refractivity contribution < 1.29 is 4.74 Å². The Bertz CT molecular complexity index is 918. The van der Waals surface area contributed by atoms with Crippen molar-refractivity contribution in [3.8, 4) is 5.75 Å². The summed E-state index contributed by atoms with van der Waals surface area (Å²) in [6, 6.07) is 8.08. The second-order valence-electron chi connectivity index (χ2n) is 6.58. The Hall–Kier alpha value is -2.18. The van der Waals surface area contributed by atoms with Gasteiger partial charge in [0.05, 0.1) is 19.0 Å². The minimum atomic E-state index is 0.662. The van der Waals surface area contributed by atoms with Crippen LogP contribution in [0.5, 0.6) is 5.75 Å². The van der Waals surface area contributed by atoms with Crippen LogP contribution in [0.1, 0.15) is 35.7 Å². The topological polar surface area (TPSA) is 50.3 Å². The van der Waals surface area contributed by atoms with Crippen LogP contribution in [0, 0.1) is 13.8 Å². The summed E-state index contributed by atoms with van der Waals surface area (Å²) in [6.45, 7) is 12.0. The van der Waals surface area contributed by atoms with E-state index in [0.717, 1.165) is 52.8 Å². The first kappa shape index (κ1) is 19.6. The van der Waals surface area contributed by atoms with Crippen LogP contribution in [0.4, 0.5) is 5.82 Å². The van der Waals surface area contributed by atoms with E-state index in [1.54, 1.807) is 18.4 Å². The van der Waals surface area contributed by atoms with E-state index in [9.17, 15) is 0 Å². The highest BCUT2D eigenvalue weighted by atomic mass is 32.1. The second kappa shape index (κ2) is 8.67. The van der Waals surface area contributed by atoms with Gasteiger partial charge in [0, 0.05) is 17.0 Å². The van der Waals surface area contributed by atoms with Gasteiger partial charge < -0.3 is 10.1 Å². The van der Waals surface area contributed by atoms with Gasteiger partial charge in [0.2, 0.25) is 0 Å². The molecule has 5 nitrogen and oxygen atoms in total. The molecule has 2 heterocycles. The Labute approximate surface area is 165 Å². The Morgan fingerprint density at radius 1 is 1.11 bits per heavy atom. The zero-order valence-corrected chi connectivity index (χ0v) is 17.6. The van der Waals surface area contributed by atoms with E-state index in [4.69, 9.17) is 14.7 Å². The van der Waals surface area contributed by atoms with Gasteiger partial charge in [-0.2, -0.15) is 0 Å². The number of anilines is 1. The summed E-state index contributed by atoms with van der Waals surface area (Å²) in [5.41, 5.74) is 2.37. The van der Waals surface area contributed by atoms with Gasteiger partial charge in [-0.05, 0) is 38.6 Å². The Balaban J connectivity index is 1.96. The molecular weight excluding hydrogens is 356 g/mol. The number of fused-ring (bicyclic) bond motifs is 1. The lowest BCUT2D eigenvalue weighted by Crippen LogP contribution is -2.23. The number of aryl methyl sites for hydroxylation is 2. The number of para-hydroxylation sites is 1. The maximum absolute atomic E-state index is 5.48. The molecule has 0 amide bonds. The van der Waals surface area contributed by atoms with Gasteiger partial charge in [-0.3, -0.25) is 4.90 Å². The van der Waals surface area contributed by atoms with Crippen molar-refractivity contribution in [3.05, 3.63) is 46.1 Å². The van der Waals surface area contributed by atoms with Gasteiger partial charge in [0.1, 0.15) is 22.2 Å². The molecule has 3 rings (SSSR count). The number of benzene rings is 1. The monoisotopic (exact) mass is 384 g/mol. The highest BCUT2D eigenvalue weighted by molar-refractivity contribution is 7.18. The zero-order valence-electron chi connectivity index (χ0n) is 16.8. The predicted molar refractivity (Wildman–Crippen MR) is 114 cm³/mol. The van der Waals surface area contributed by atoms with Crippen molar-refractivity contribution in [2.75, 3.05) is 25.5 Å². The summed E-state index contributed by atoms with van der Waals surface area (Å²) in [6.07, 6.45) is 0. The van der Waals surface area contributed by atoms with Gasteiger partial charge in [-0.1, -0.05) is 32.0 Å². The first-order valence-corrected chi connectivity index (χ1v) is 10.2. The van der Waals surface area contributed by atoms with Crippen LogP contribution in [0.3, 0.4) is 0 Å². The molecule has 2 aromatic heterocycles. The Kier molecular flexibility index (Phi) is 6.29. The lowest BCUT2D eigenvalue weighted by Gasteiger charge is -2.18. The zero-order chi connectivity index (χ0) is 19.4. The highest BCUT2D eigenvalue weighted by Crippen LogP contribution is 2.34. The van der Waals surface area contributed by atoms with Gasteiger partial charge in [0.15, 0.2) is 0 Å². The SMILES string of the molecule is CCN(CC)Cc1nc(NCc2ccccc2OC)c2c(C)c(C)sc2n1. The molecule has 0 aliphatic heterocycles. The van der Waals surface area contributed by atoms with Crippen LogP contribution in [0.25, 0.3) is 10.2 Å². The third-order valence-corrected chi connectivity index (χ3v) is 6.07. The van der Waals surface area contributed by atoms with Crippen LogP contribution in [0.15, 0.2) is 24.3 Å². The third kappa shape index (κ3) is 4.22. The summed E-state index contributed by atoms with van der Waals surface area (Å²) < 4.78 is 5.48. The van der Waals surface area contributed by atoms with Crippen molar-refractivity contribution in [1.82, 2.24) is 14.9 Å². The van der Waals surface area contributed by atoms with Crippen molar-refractivity contribution in [2.45, 2.75) is 40.8 Å². The highest BCUT2D eigenvalue weighted by Gasteiger charge is 2.16. The molecule has 1 aromatic carbocycles. The number of hydrogen-bond donors (Lipinski definition) is 1. The molecule has 0 spiro atoms. The quantitative estimate of drug-likeness (QED) is 0.606. The number of thiophene rings is 1. The number of ether oxygens (including phenoxy) is 1. The maximum atomic E-state index is 5.48. The predicted octanol–water partition coefficient (Wildman–Crippen LogP) is 4.77. The van der Waals surface area contributed by atoms with E-state index in [1.807, 2.05) is 18.2 Å². The average molecular weight is 385 g/mol. The molecule has 1 N–H and O–H groups in total. The number of nitrogens with zero attached hydrogens (tertiary/aromatic N) is 3. The van der Waals surface area contributed by atoms with Gasteiger partial charge in [-0.15, -0.1) is 11.3 Å². The molecule has 0 unspecified atom stereocenters. The number of methoxy groups -OCH3 is 1. The average Bonchev–Trinajstić information content (AvgIpc) is 2.98. The molecule has 144 valence electrons. The fourth-order valence-corrected chi connectivity index (χ4v) is 4.22. The Morgan fingerprint density at radius 2 is 1.85 bits per heavy atom. The fraction of sp³-hybridized carbons (Fsp3) is 0.429. The molecule has 0 aliphatic rings. The van der Waals surface area contributed by atoms with Crippen molar-refractivity contribution >= 4 is 27.4 Å². The normalized spacial score (nSPS) is 11.3. The molecule has 0 bridgehead atoms. The molecule has 27 heavy (non-hydrogen) atoms. The van der Waals surface area contributed by atoms with Gasteiger partial charge in [-0.25, -0.2) is 9.97 Å². The molecule has 0 saturated carbocycles. The number of hydrogen-bond acceptors (Lipinski definition) is 6. The fourth-order valence-electron chi connectivity index (χ4n) is 3.17. The van der Waals surface area contributed by atoms with Crippen LogP contribution in [-0.4, -0.2) is 35.1 Å². The maximum Gasteiger partial charge on any atom is 0.146 e. The standard InChI is InChI=1S/C21H28N4OS/c1-6-25(7-2)13-18-23-20(19-14(3)15(4)27-21(19)24-18)22-12-16-10-8-9-11-17(16)26-5/h8-11H,6-7,12-13H2,1-5H3,(H,22,23,24). The summed E-state index contributed by atoms with van der Waals surface area (Å²) in [4.78, 5) is 14.4. The number of rotatable bonds is 8. The number of aromatic nitrogens is 2. The summed E-state index contributed by atoms with van der Waals surface area (Å²) in [5, 5.41) is 4.67. The molecular formula is C21H28N4OS. The van der Waals surface area contributed by atoms with E-state index >= 15 is 0 Å². The first-order valence-electron chi connectivity index (χ1n) is 9.42. The van der Waals surface area contributed by atoms with Crippen LogP contribution < -0.4 is 10.1 Å². The smallest absolute Gasteiger partial charge is 0.146 e. The lowest BCUT2D eigenvalue weighted by molar-refractivity contribution is 0.289. The van der Waals surface area contributed by atoms with Crippen molar-refractivity contribution in [2.24, 2.45) is 0 Å². The molecule has 0 radical (unpaired) electrons.